The molecule has 1 amide bonds. The molecule has 0 aliphatic heterocycles. The van der Waals surface area contributed by atoms with Crippen LogP contribution in [0.1, 0.15) is 30.8 Å². The van der Waals surface area contributed by atoms with Crippen LogP contribution in [-0.4, -0.2) is 41.4 Å². The van der Waals surface area contributed by atoms with E-state index in [0.717, 1.165) is 6.07 Å². The Labute approximate surface area is 115 Å². The number of hydrogen-bond acceptors (Lipinski definition) is 6. The van der Waals surface area contributed by atoms with Crippen molar-refractivity contribution in [1.82, 2.24) is 4.90 Å². The van der Waals surface area contributed by atoms with Gasteiger partial charge in [0.05, 0.1) is 12.7 Å². The van der Waals surface area contributed by atoms with E-state index >= 15 is 0 Å². The molecule has 0 bridgehead atoms. The third kappa shape index (κ3) is 4.08. The molecule has 0 aliphatic rings. The molecule has 0 fully saturated rings. The summed E-state index contributed by atoms with van der Waals surface area (Å²) in [6, 6.07) is 2.32. The molecule has 0 radical (unpaired) electrons. The molecule has 8 heteroatoms. The maximum Gasteiger partial charge on any atom is 0.433 e. The monoisotopic (exact) mass is 284 g/mol. The van der Waals surface area contributed by atoms with E-state index in [4.69, 9.17) is 9.15 Å². The highest BCUT2D eigenvalue weighted by atomic mass is 16.6. The standard InChI is InChI=1S/C12H16N2O6/c1-3-7-13(8-11(15)19-4-2)12(16)9-5-6-10(20-9)14(17)18/h5-6H,3-4,7-8H2,1-2H3. The van der Waals surface area contributed by atoms with Gasteiger partial charge in [0.1, 0.15) is 11.5 Å². The molecule has 0 N–H and O–H groups in total. The molecule has 110 valence electrons. The first-order valence-electron chi connectivity index (χ1n) is 6.18. The van der Waals surface area contributed by atoms with Crippen molar-refractivity contribution >= 4 is 17.8 Å². The molecule has 0 atom stereocenters. The number of ether oxygens (including phenoxy) is 1. The summed E-state index contributed by atoms with van der Waals surface area (Å²) >= 11 is 0. The molecule has 1 aromatic heterocycles. The molecule has 0 saturated heterocycles. The molecule has 0 saturated carbocycles. The third-order valence-electron chi connectivity index (χ3n) is 2.39. The highest BCUT2D eigenvalue weighted by Gasteiger charge is 2.24. The lowest BCUT2D eigenvalue weighted by Gasteiger charge is -2.19. The van der Waals surface area contributed by atoms with Gasteiger partial charge in [0.25, 0.3) is 5.91 Å². The molecule has 1 aromatic rings. The number of hydrogen-bond donors (Lipinski definition) is 0. The summed E-state index contributed by atoms with van der Waals surface area (Å²) in [4.78, 5) is 34.5. The van der Waals surface area contributed by atoms with Crippen LogP contribution in [0.15, 0.2) is 16.5 Å². The van der Waals surface area contributed by atoms with Gasteiger partial charge < -0.3 is 14.1 Å². The van der Waals surface area contributed by atoms with Gasteiger partial charge in [0, 0.05) is 6.54 Å². The first kappa shape index (κ1) is 15.7. The molecule has 0 aliphatic carbocycles. The Bertz CT molecular complexity index is 496. The minimum atomic E-state index is -0.730. The van der Waals surface area contributed by atoms with Crippen molar-refractivity contribution in [2.75, 3.05) is 19.7 Å². The number of amides is 1. The van der Waals surface area contributed by atoms with Gasteiger partial charge >= 0.3 is 11.9 Å². The van der Waals surface area contributed by atoms with Crippen molar-refractivity contribution in [2.45, 2.75) is 20.3 Å². The minimum absolute atomic E-state index is 0.172. The summed E-state index contributed by atoms with van der Waals surface area (Å²) in [6.07, 6.45) is 0.633. The van der Waals surface area contributed by atoms with Crippen molar-refractivity contribution < 1.29 is 23.7 Å². The van der Waals surface area contributed by atoms with E-state index in [1.165, 1.54) is 11.0 Å². The predicted octanol–water partition coefficient (Wildman–Crippen LogP) is 1.60. The van der Waals surface area contributed by atoms with E-state index in [9.17, 15) is 19.7 Å². The lowest BCUT2D eigenvalue weighted by molar-refractivity contribution is -0.402. The summed E-state index contributed by atoms with van der Waals surface area (Å²) in [6.45, 7) is 3.84. The number of carbonyl (C=O) groups is 2. The maximum absolute atomic E-state index is 12.1. The Morgan fingerprint density at radius 3 is 2.60 bits per heavy atom. The Kier molecular flexibility index (Phi) is 5.70. The third-order valence-corrected chi connectivity index (χ3v) is 2.39. The van der Waals surface area contributed by atoms with Crippen molar-refractivity contribution in [3.05, 3.63) is 28.0 Å². The van der Waals surface area contributed by atoms with Crippen LogP contribution in [0.2, 0.25) is 0 Å². The second kappa shape index (κ2) is 7.27. The van der Waals surface area contributed by atoms with Crippen LogP contribution >= 0.6 is 0 Å². The number of nitrogens with zero attached hydrogens (tertiary/aromatic N) is 2. The van der Waals surface area contributed by atoms with Gasteiger partial charge in [-0.2, -0.15) is 0 Å². The zero-order valence-electron chi connectivity index (χ0n) is 11.3. The van der Waals surface area contributed by atoms with Crippen LogP contribution in [0, 0.1) is 10.1 Å². The quantitative estimate of drug-likeness (QED) is 0.428. The van der Waals surface area contributed by atoms with Crippen LogP contribution in [-0.2, 0) is 9.53 Å². The SMILES string of the molecule is CCCN(CC(=O)OCC)C(=O)c1ccc([N+](=O)[O-])o1. The number of furan rings is 1. The Hall–Kier alpha value is -2.38. The molecular formula is C12H16N2O6. The summed E-state index contributed by atoms with van der Waals surface area (Å²) in [5.41, 5.74) is 0. The first-order chi connectivity index (χ1) is 9.49. The van der Waals surface area contributed by atoms with Gasteiger partial charge in [-0.05, 0) is 19.4 Å². The first-order valence-corrected chi connectivity index (χ1v) is 6.18. The molecule has 0 unspecified atom stereocenters. The lowest BCUT2D eigenvalue weighted by atomic mass is 10.3. The predicted molar refractivity (Wildman–Crippen MR) is 68.2 cm³/mol. The Morgan fingerprint density at radius 2 is 2.10 bits per heavy atom. The molecular weight excluding hydrogens is 268 g/mol. The van der Waals surface area contributed by atoms with Gasteiger partial charge in [-0.1, -0.05) is 6.92 Å². The Balaban J connectivity index is 2.81. The van der Waals surface area contributed by atoms with Crippen LogP contribution in [0.5, 0.6) is 0 Å². The molecule has 20 heavy (non-hydrogen) atoms. The highest BCUT2D eigenvalue weighted by Crippen LogP contribution is 2.17. The van der Waals surface area contributed by atoms with Crippen molar-refractivity contribution in [1.29, 1.82) is 0 Å². The summed E-state index contributed by atoms with van der Waals surface area (Å²) in [5.74, 6) is -1.79. The molecule has 8 nitrogen and oxygen atoms in total. The second-order valence-corrected chi connectivity index (χ2v) is 3.93. The summed E-state index contributed by atoms with van der Waals surface area (Å²) in [5, 5.41) is 10.5. The van der Waals surface area contributed by atoms with E-state index in [1.807, 2.05) is 6.92 Å². The second-order valence-electron chi connectivity index (χ2n) is 3.93. The largest absolute Gasteiger partial charge is 0.465 e. The number of carbonyl (C=O) groups excluding carboxylic acids is 2. The fourth-order valence-corrected chi connectivity index (χ4v) is 1.58. The van der Waals surface area contributed by atoms with Crippen molar-refractivity contribution in [3.8, 4) is 0 Å². The fraction of sp³-hybridized carbons (Fsp3) is 0.500. The number of nitro groups is 1. The molecule has 0 aromatic carbocycles. The van der Waals surface area contributed by atoms with Gasteiger partial charge in [0.2, 0.25) is 0 Å². The maximum atomic E-state index is 12.1. The number of rotatable bonds is 7. The average Bonchev–Trinajstić information content (AvgIpc) is 2.87. The Morgan fingerprint density at radius 1 is 1.40 bits per heavy atom. The average molecular weight is 284 g/mol. The zero-order valence-corrected chi connectivity index (χ0v) is 11.3. The topological polar surface area (TPSA) is 103 Å². The highest BCUT2D eigenvalue weighted by molar-refractivity contribution is 5.93. The van der Waals surface area contributed by atoms with Crippen molar-refractivity contribution in [3.63, 3.8) is 0 Å². The van der Waals surface area contributed by atoms with Gasteiger partial charge in [-0.3, -0.25) is 19.7 Å². The van der Waals surface area contributed by atoms with Gasteiger partial charge in [0.15, 0.2) is 5.76 Å². The van der Waals surface area contributed by atoms with E-state index < -0.39 is 22.7 Å². The normalized spacial score (nSPS) is 10.1. The number of esters is 1. The van der Waals surface area contributed by atoms with Crippen molar-refractivity contribution in [2.24, 2.45) is 0 Å². The van der Waals surface area contributed by atoms with E-state index in [0.29, 0.717) is 13.0 Å². The van der Waals surface area contributed by atoms with Gasteiger partial charge in [-0.15, -0.1) is 0 Å². The van der Waals surface area contributed by atoms with E-state index in [1.54, 1.807) is 6.92 Å². The van der Waals surface area contributed by atoms with E-state index in [-0.39, 0.29) is 18.9 Å². The minimum Gasteiger partial charge on any atom is -0.465 e. The molecule has 1 rings (SSSR count). The molecule has 0 spiro atoms. The van der Waals surface area contributed by atoms with E-state index in [2.05, 4.69) is 0 Å². The summed E-state index contributed by atoms with van der Waals surface area (Å²) < 4.78 is 9.61. The van der Waals surface area contributed by atoms with Crippen LogP contribution in [0.4, 0.5) is 5.88 Å². The van der Waals surface area contributed by atoms with Crippen LogP contribution in [0.25, 0.3) is 0 Å². The summed E-state index contributed by atoms with van der Waals surface area (Å²) in [7, 11) is 0. The zero-order chi connectivity index (χ0) is 15.1. The fourth-order valence-electron chi connectivity index (χ4n) is 1.58. The molecule has 1 heterocycles. The van der Waals surface area contributed by atoms with Gasteiger partial charge in [-0.25, -0.2) is 0 Å². The smallest absolute Gasteiger partial charge is 0.433 e. The van der Waals surface area contributed by atoms with Crippen LogP contribution < -0.4 is 0 Å². The lowest BCUT2D eigenvalue weighted by Crippen LogP contribution is -2.36. The van der Waals surface area contributed by atoms with Crippen LogP contribution in [0.3, 0.4) is 0 Å².